The van der Waals surface area contributed by atoms with E-state index in [2.05, 4.69) is 45.6 Å². The molecule has 0 saturated heterocycles. The summed E-state index contributed by atoms with van der Waals surface area (Å²) in [7, 11) is 0. The molecule has 0 nitrogen and oxygen atoms in total. The van der Waals surface area contributed by atoms with Crippen LogP contribution < -0.4 is 0 Å². The molecule has 0 saturated carbocycles. The van der Waals surface area contributed by atoms with Crippen molar-refractivity contribution in [2.24, 2.45) is 0 Å². The van der Waals surface area contributed by atoms with Gasteiger partial charge in [-0.05, 0) is 0 Å². The van der Waals surface area contributed by atoms with E-state index >= 15 is 0 Å². The summed E-state index contributed by atoms with van der Waals surface area (Å²) in [4.78, 5) is 0. The Morgan fingerprint density at radius 1 is 1.00 bits per heavy atom. The first-order chi connectivity index (χ1) is 1.91. The molecular weight excluding hydrogens is 226 g/mol. The zero-order valence-corrected chi connectivity index (χ0v) is 5.18. The van der Waals surface area contributed by atoms with Crippen LogP contribution in [-0.2, 0) is 36.6 Å². The third kappa shape index (κ3) is 2.81. The fourth-order valence-electron chi connectivity index (χ4n) is 0. The Labute approximate surface area is 45.7 Å². The van der Waals surface area contributed by atoms with E-state index in [-0.39, 0.29) is 0 Å². The fraction of sp³-hybridized carbons (Fsp3) is 0. The average molecular weight is 226 g/mol. The van der Waals surface area contributed by atoms with Gasteiger partial charge in [-0.15, -0.1) is 0 Å². The molecule has 0 heterocycles. The topological polar surface area (TPSA) is 0 Å². The van der Waals surface area contributed by atoms with Crippen LogP contribution in [0.5, 0.6) is 0 Å². The van der Waals surface area contributed by atoms with Crippen molar-refractivity contribution in [3.63, 3.8) is 0 Å². The molecule has 0 radical (unpaired) electrons. The Bertz CT molecular complexity index is 40.8. The first-order valence-corrected chi connectivity index (χ1v) is 2.34. The first kappa shape index (κ1) is 4.81. The normalized spacial score (nSPS) is 3.50. The quantitative estimate of drug-likeness (QED) is 0.403. The average Bonchev–Trinajstić information content (AvgIpc) is 1.37. The summed E-state index contributed by atoms with van der Waals surface area (Å²) < 4.78 is 5.16. The predicted molar refractivity (Wildman–Crippen MR) is 7.78 cm³/mol. The van der Waals surface area contributed by atoms with E-state index < -0.39 is 0 Å². The second-order valence-corrected chi connectivity index (χ2v) is 1.05. The van der Waals surface area contributed by atoms with Crippen molar-refractivity contribution >= 4 is 0 Å². The molecule has 0 aliphatic rings. The predicted octanol–water partition coefficient (Wildman–Crippen LogP) is -0.00160. The van der Waals surface area contributed by atoms with Gasteiger partial charge >= 0.3 is 45.6 Å². The third-order valence-corrected chi connectivity index (χ3v) is 1.09. The van der Waals surface area contributed by atoms with E-state index in [1.165, 1.54) is 0 Å². The van der Waals surface area contributed by atoms with Crippen LogP contribution in [0.2, 0.25) is 0 Å². The van der Waals surface area contributed by atoms with E-state index in [9.17, 15) is 0 Å². The van der Waals surface area contributed by atoms with Crippen LogP contribution in [0.4, 0.5) is 0 Å². The van der Waals surface area contributed by atoms with Gasteiger partial charge < -0.3 is 0 Å². The van der Waals surface area contributed by atoms with Gasteiger partial charge in [0.1, 0.15) is 0 Å². The molecule has 0 aliphatic heterocycles. The van der Waals surface area contributed by atoms with Gasteiger partial charge in [0.25, 0.3) is 0 Å². The molecule has 0 fully saturated rings. The SMILES string of the molecule is [Ru][C]#[C][Ru]. The van der Waals surface area contributed by atoms with Crippen molar-refractivity contribution < 1.29 is 36.6 Å². The van der Waals surface area contributed by atoms with Crippen LogP contribution in [0.15, 0.2) is 0 Å². The van der Waals surface area contributed by atoms with Crippen LogP contribution >= 0.6 is 0 Å². The van der Waals surface area contributed by atoms with Gasteiger partial charge in [0.05, 0.1) is 0 Å². The molecule has 0 N–H and O–H groups in total. The molecule has 0 aliphatic carbocycles. The summed E-state index contributed by atoms with van der Waals surface area (Å²) in [5.41, 5.74) is 0. The van der Waals surface area contributed by atoms with Gasteiger partial charge in [0, 0.05) is 0 Å². The minimum atomic E-state index is 2.20. The van der Waals surface area contributed by atoms with Crippen molar-refractivity contribution in [2.75, 3.05) is 0 Å². The second-order valence-electron chi connectivity index (χ2n) is 0.177. The van der Waals surface area contributed by atoms with E-state index in [0.29, 0.717) is 0 Å². The van der Waals surface area contributed by atoms with Crippen LogP contribution in [0.1, 0.15) is 0 Å². The van der Waals surface area contributed by atoms with Crippen LogP contribution in [0, 0.1) is 9.03 Å². The molecule has 24 valence electrons. The van der Waals surface area contributed by atoms with Crippen LogP contribution in [0.3, 0.4) is 0 Å². The molecule has 0 aromatic carbocycles. The van der Waals surface area contributed by atoms with Gasteiger partial charge in [-0.3, -0.25) is 0 Å². The summed E-state index contributed by atoms with van der Waals surface area (Å²) in [6.45, 7) is 0. The molecule has 0 bridgehead atoms. The summed E-state index contributed by atoms with van der Waals surface area (Å²) in [6, 6.07) is 0. The maximum atomic E-state index is 2.58. The van der Waals surface area contributed by atoms with Crippen molar-refractivity contribution in [1.82, 2.24) is 0 Å². The van der Waals surface area contributed by atoms with Gasteiger partial charge in [-0.2, -0.15) is 0 Å². The van der Waals surface area contributed by atoms with E-state index in [0.717, 1.165) is 0 Å². The molecule has 0 unspecified atom stereocenters. The number of hydrogen-bond acceptors (Lipinski definition) is 0. The van der Waals surface area contributed by atoms with E-state index in [4.69, 9.17) is 0 Å². The molecule has 0 aromatic rings. The standard InChI is InChI=1S/C2.2Ru/c1-2;;. The summed E-state index contributed by atoms with van der Waals surface area (Å²) in [5.74, 6) is 0. The third-order valence-electron chi connectivity index (χ3n) is 0.0312. The Morgan fingerprint density at radius 3 is 1.25 bits per heavy atom. The number of rotatable bonds is 0. The summed E-state index contributed by atoms with van der Waals surface area (Å²) in [6.07, 6.45) is 0. The van der Waals surface area contributed by atoms with E-state index in [1.54, 1.807) is 0 Å². The van der Waals surface area contributed by atoms with Crippen molar-refractivity contribution in [1.29, 1.82) is 0 Å². The Balaban J connectivity index is 2.83. The van der Waals surface area contributed by atoms with Crippen LogP contribution in [-0.4, -0.2) is 0 Å². The number of hydrogen-bond donors (Lipinski definition) is 0. The van der Waals surface area contributed by atoms with Crippen LogP contribution in [0.25, 0.3) is 0 Å². The van der Waals surface area contributed by atoms with Gasteiger partial charge in [-0.1, -0.05) is 0 Å². The van der Waals surface area contributed by atoms with Gasteiger partial charge in [0.2, 0.25) is 0 Å². The first-order valence-electron chi connectivity index (χ1n) is 0.604. The minimum absolute atomic E-state index is 2.20. The molecule has 0 spiro atoms. The molecule has 0 amide bonds. The van der Waals surface area contributed by atoms with Crippen molar-refractivity contribution in [2.45, 2.75) is 0 Å². The molecule has 0 atom stereocenters. The maximum absolute atomic E-state index is 2.58. The zero-order valence-electron chi connectivity index (χ0n) is 1.71. The molecule has 4 heavy (non-hydrogen) atoms. The van der Waals surface area contributed by atoms with E-state index in [1.807, 2.05) is 0 Å². The molecule has 2 heteroatoms. The summed E-state index contributed by atoms with van der Waals surface area (Å²) >= 11 is 4.40. The zero-order chi connectivity index (χ0) is 3.41. The summed E-state index contributed by atoms with van der Waals surface area (Å²) in [5, 5.41) is 0. The Kier molecular flexibility index (Phi) is 4.57. The van der Waals surface area contributed by atoms with Gasteiger partial charge in [-0.25, -0.2) is 0 Å². The van der Waals surface area contributed by atoms with Gasteiger partial charge in [0.15, 0.2) is 0 Å². The molecule has 0 aromatic heterocycles. The second kappa shape index (κ2) is 3.81. The van der Waals surface area contributed by atoms with Crippen molar-refractivity contribution in [3.8, 4) is 9.03 Å². The monoisotopic (exact) mass is 228 g/mol. The Hall–Kier alpha value is 0.807. The molecular formula is C2Ru2. The van der Waals surface area contributed by atoms with Crippen molar-refractivity contribution in [3.05, 3.63) is 0 Å². The fourth-order valence-corrected chi connectivity index (χ4v) is 0. The Morgan fingerprint density at radius 2 is 1.25 bits per heavy atom. The molecule has 0 rings (SSSR count).